The Morgan fingerprint density at radius 3 is 2.64 bits per heavy atom. The van der Waals surface area contributed by atoms with E-state index in [9.17, 15) is 31.1 Å². The molecule has 1 amide bonds. The second kappa shape index (κ2) is 10.9. The maximum absolute atomic E-state index is 13.8. The predicted molar refractivity (Wildman–Crippen MR) is 135 cm³/mol. The molecule has 18 heteroatoms. The van der Waals surface area contributed by atoms with E-state index in [0.717, 1.165) is 24.9 Å². The molecule has 0 spiro atoms. The van der Waals surface area contributed by atoms with Crippen LogP contribution in [0.4, 0.5) is 48.7 Å². The third-order valence-electron chi connectivity index (χ3n) is 6.20. The molecule has 0 radical (unpaired) electrons. The Labute approximate surface area is 236 Å². The highest BCUT2D eigenvalue weighted by molar-refractivity contribution is 7.17. The molecule has 1 aromatic carbocycles. The monoisotopic (exact) mass is 609 g/mol. The van der Waals surface area contributed by atoms with Gasteiger partial charge in [0.2, 0.25) is 12.3 Å². The van der Waals surface area contributed by atoms with Crippen LogP contribution in [0.3, 0.4) is 0 Å². The summed E-state index contributed by atoms with van der Waals surface area (Å²) in [6.45, 7) is 8.78. The predicted octanol–water partition coefficient (Wildman–Crippen LogP) is 5.70. The average molecular weight is 610 g/mol. The minimum atomic E-state index is -4.94. The van der Waals surface area contributed by atoms with Crippen LogP contribution in [-0.2, 0) is 25.3 Å². The van der Waals surface area contributed by atoms with Crippen molar-refractivity contribution in [3.63, 3.8) is 0 Å². The summed E-state index contributed by atoms with van der Waals surface area (Å²) in [5, 5.41) is 11.9. The van der Waals surface area contributed by atoms with Gasteiger partial charge >= 0.3 is 12.4 Å². The molecule has 5 rings (SSSR count). The molecule has 1 aliphatic heterocycles. The quantitative estimate of drug-likeness (QED) is 0.209. The lowest BCUT2D eigenvalue weighted by Gasteiger charge is -2.31. The first-order valence-corrected chi connectivity index (χ1v) is 12.7. The summed E-state index contributed by atoms with van der Waals surface area (Å²) < 4.78 is 86.7. The minimum Gasteiger partial charge on any atom is -0.426 e. The topological polar surface area (TPSA) is 126 Å². The fourth-order valence-corrected chi connectivity index (χ4v) is 5.13. The SMILES string of the molecule is [C-]#[N+]c1ccc(N2CCc3c(ncnc3Nc3nc(C(F)(F)F)c(C(=O)N[C@H](C)c4nnco4)s3)C2)cc1C(F)(F)F. The Bertz CT molecular complexity index is 1660. The van der Waals surface area contributed by atoms with Crippen molar-refractivity contribution in [3.8, 4) is 0 Å². The zero-order valence-corrected chi connectivity index (χ0v) is 22.0. The first kappa shape index (κ1) is 28.7. The molecule has 218 valence electrons. The normalized spacial score (nSPS) is 14.2. The molecule has 1 aliphatic rings. The number of anilines is 3. The molecule has 0 saturated heterocycles. The van der Waals surface area contributed by atoms with E-state index < -0.39 is 46.1 Å². The van der Waals surface area contributed by atoms with Gasteiger partial charge in [-0.25, -0.2) is 19.8 Å². The van der Waals surface area contributed by atoms with Gasteiger partial charge in [0.1, 0.15) is 23.1 Å². The maximum Gasteiger partial charge on any atom is 0.435 e. The van der Waals surface area contributed by atoms with Crippen molar-refractivity contribution >= 4 is 39.6 Å². The van der Waals surface area contributed by atoms with Gasteiger partial charge in [-0.2, -0.15) is 26.3 Å². The van der Waals surface area contributed by atoms with Gasteiger partial charge in [0.15, 0.2) is 16.5 Å². The van der Waals surface area contributed by atoms with Crippen molar-refractivity contribution in [2.24, 2.45) is 0 Å². The molecule has 11 nitrogen and oxygen atoms in total. The third-order valence-corrected chi connectivity index (χ3v) is 7.17. The van der Waals surface area contributed by atoms with Gasteiger partial charge in [-0.1, -0.05) is 17.4 Å². The highest BCUT2D eigenvalue weighted by Crippen LogP contribution is 2.40. The molecule has 3 aromatic heterocycles. The van der Waals surface area contributed by atoms with Gasteiger partial charge in [0.05, 0.1) is 24.4 Å². The van der Waals surface area contributed by atoms with E-state index in [2.05, 4.69) is 40.6 Å². The van der Waals surface area contributed by atoms with Crippen molar-refractivity contribution in [1.82, 2.24) is 30.5 Å². The van der Waals surface area contributed by atoms with Crippen molar-refractivity contribution < 1.29 is 35.6 Å². The summed E-state index contributed by atoms with van der Waals surface area (Å²) >= 11 is 0.461. The molecule has 2 N–H and O–H groups in total. The Hall–Kier alpha value is -4.79. The third kappa shape index (κ3) is 5.81. The first-order chi connectivity index (χ1) is 19.8. The molecule has 4 heterocycles. The second-order valence-corrected chi connectivity index (χ2v) is 9.92. The summed E-state index contributed by atoms with van der Waals surface area (Å²) in [6, 6.07) is 2.54. The van der Waals surface area contributed by atoms with Crippen LogP contribution in [0.2, 0.25) is 0 Å². The number of hydrogen-bond donors (Lipinski definition) is 2. The molecule has 0 saturated carbocycles. The average Bonchev–Trinajstić information content (AvgIpc) is 3.63. The smallest absolute Gasteiger partial charge is 0.426 e. The number of amides is 1. The van der Waals surface area contributed by atoms with Gasteiger partial charge in [0.25, 0.3) is 5.91 Å². The number of benzene rings is 1. The largest absolute Gasteiger partial charge is 0.435 e. The number of hydrogen-bond acceptors (Lipinski definition) is 10. The fraction of sp³-hybridized carbons (Fsp3) is 0.292. The number of nitrogens with one attached hydrogen (secondary N) is 2. The highest BCUT2D eigenvalue weighted by Gasteiger charge is 2.40. The summed E-state index contributed by atoms with van der Waals surface area (Å²) in [6.07, 6.45) is -7.25. The molecule has 0 fully saturated rings. The number of alkyl halides is 6. The molecule has 0 bridgehead atoms. The number of thiazole rings is 1. The van der Waals surface area contributed by atoms with Crippen LogP contribution in [0.15, 0.2) is 35.3 Å². The van der Waals surface area contributed by atoms with Crippen molar-refractivity contribution in [2.45, 2.75) is 38.3 Å². The molecular formula is C24H17F6N9O2S. The summed E-state index contributed by atoms with van der Waals surface area (Å²) in [4.78, 5) is 28.5. The number of halogens is 6. The minimum absolute atomic E-state index is 0.00149. The van der Waals surface area contributed by atoms with Crippen LogP contribution < -0.4 is 15.5 Å². The van der Waals surface area contributed by atoms with Gasteiger partial charge in [0, 0.05) is 17.8 Å². The van der Waals surface area contributed by atoms with E-state index in [0.29, 0.717) is 22.6 Å². The Balaban J connectivity index is 1.39. The van der Waals surface area contributed by atoms with E-state index in [-0.39, 0.29) is 42.0 Å². The number of carbonyl (C=O) groups excluding carboxylic acids is 1. The van der Waals surface area contributed by atoms with E-state index in [1.807, 2.05) is 0 Å². The van der Waals surface area contributed by atoms with Crippen LogP contribution in [0, 0.1) is 6.57 Å². The number of fused-ring (bicyclic) bond motifs is 1. The molecule has 4 aromatic rings. The van der Waals surface area contributed by atoms with Gasteiger partial charge in [-0.3, -0.25) is 4.79 Å². The van der Waals surface area contributed by atoms with Crippen LogP contribution in [0.5, 0.6) is 0 Å². The van der Waals surface area contributed by atoms with Crippen molar-refractivity contribution in [1.29, 1.82) is 0 Å². The lowest BCUT2D eigenvalue weighted by atomic mass is 10.0. The Morgan fingerprint density at radius 2 is 1.98 bits per heavy atom. The number of rotatable bonds is 6. The molecule has 0 unspecified atom stereocenters. The zero-order chi connectivity index (χ0) is 30.2. The van der Waals surface area contributed by atoms with Crippen LogP contribution in [0.25, 0.3) is 4.85 Å². The molecular weight excluding hydrogens is 592 g/mol. The van der Waals surface area contributed by atoms with E-state index in [4.69, 9.17) is 11.0 Å². The molecule has 1 atom stereocenters. The molecule has 0 aliphatic carbocycles. The summed E-state index contributed by atoms with van der Waals surface area (Å²) in [5.41, 5.74) is -1.78. The maximum atomic E-state index is 13.8. The van der Waals surface area contributed by atoms with Crippen molar-refractivity contribution in [2.75, 3.05) is 16.8 Å². The zero-order valence-electron chi connectivity index (χ0n) is 21.2. The number of carbonyl (C=O) groups is 1. The van der Waals surface area contributed by atoms with E-state index in [1.165, 1.54) is 13.0 Å². The van der Waals surface area contributed by atoms with Gasteiger partial charge < -0.3 is 20.0 Å². The second-order valence-electron chi connectivity index (χ2n) is 8.92. The Kier molecular flexibility index (Phi) is 7.45. The molecule has 42 heavy (non-hydrogen) atoms. The van der Waals surface area contributed by atoms with Gasteiger partial charge in [-0.15, -0.1) is 10.2 Å². The lowest BCUT2D eigenvalue weighted by molar-refractivity contribution is -0.141. The summed E-state index contributed by atoms with van der Waals surface area (Å²) in [5.74, 6) is -0.910. The first-order valence-electron chi connectivity index (χ1n) is 11.9. The Morgan fingerprint density at radius 1 is 1.19 bits per heavy atom. The summed E-state index contributed by atoms with van der Waals surface area (Å²) in [7, 11) is 0. The van der Waals surface area contributed by atoms with Crippen molar-refractivity contribution in [3.05, 3.63) is 75.6 Å². The number of aromatic nitrogens is 5. The standard InChI is InChI=1S/C24H17F6N9O2S/c1-11(21-38-34-10-41-21)35-20(40)17-18(24(28,29)30)36-22(42-17)37-19-13-5-6-39(8-16(13)32-9-33-19)12-3-4-15(31-2)14(7-12)23(25,26)27/h3-4,7,9-11H,5-6,8H2,1H3,(H,35,40)(H,32,33,36,37)/t11-/m1/s1. The highest BCUT2D eigenvalue weighted by atomic mass is 32.1. The van der Waals surface area contributed by atoms with Crippen LogP contribution in [-0.4, -0.2) is 37.6 Å². The fourth-order valence-electron chi connectivity index (χ4n) is 4.24. The lowest BCUT2D eigenvalue weighted by Crippen LogP contribution is -2.32. The van der Waals surface area contributed by atoms with Crippen LogP contribution in [0.1, 0.15) is 51.0 Å². The van der Waals surface area contributed by atoms with E-state index in [1.54, 1.807) is 4.90 Å². The van der Waals surface area contributed by atoms with Gasteiger partial charge in [-0.05, 0) is 25.5 Å². The van der Waals surface area contributed by atoms with E-state index >= 15 is 0 Å². The van der Waals surface area contributed by atoms with Crippen LogP contribution >= 0.6 is 11.3 Å². The number of nitrogens with zero attached hydrogens (tertiary/aromatic N) is 7.